The maximum Gasteiger partial charge on any atom is 0.411 e. The monoisotopic (exact) mass is 347 g/mol. The van der Waals surface area contributed by atoms with Crippen molar-refractivity contribution in [3.63, 3.8) is 0 Å². The lowest BCUT2D eigenvalue weighted by Crippen LogP contribution is -2.70. The zero-order valence-corrected chi connectivity index (χ0v) is 15.2. The van der Waals surface area contributed by atoms with Crippen LogP contribution < -0.4 is 0 Å². The third kappa shape index (κ3) is 3.23. The van der Waals surface area contributed by atoms with Gasteiger partial charge in [-0.15, -0.1) is 0 Å². The predicted octanol–water partition coefficient (Wildman–Crippen LogP) is 2.75. The second-order valence-electron chi connectivity index (χ2n) is 7.79. The number of likely N-dealkylation sites (tertiary alicyclic amines) is 1. The summed E-state index contributed by atoms with van der Waals surface area (Å²) in [5, 5.41) is 0. The van der Waals surface area contributed by atoms with Gasteiger partial charge in [0.25, 0.3) is 0 Å². The van der Waals surface area contributed by atoms with E-state index >= 15 is 0 Å². The maximum absolute atomic E-state index is 12.6. The van der Waals surface area contributed by atoms with Crippen molar-refractivity contribution >= 4 is 12.1 Å². The molecular formula is C19H25NO5. The molecule has 0 N–H and O–H groups in total. The average molecular weight is 347 g/mol. The van der Waals surface area contributed by atoms with E-state index in [1.807, 2.05) is 37.3 Å². The molecule has 2 heterocycles. The number of benzene rings is 1. The Bertz CT molecular complexity index is 654. The van der Waals surface area contributed by atoms with Crippen molar-refractivity contribution in [3.05, 3.63) is 35.9 Å². The first-order valence-corrected chi connectivity index (χ1v) is 8.57. The average Bonchev–Trinajstić information content (AvgIpc) is 2.86. The number of carbonyl (C=O) groups is 2. The molecule has 25 heavy (non-hydrogen) atoms. The van der Waals surface area contributed by atoms with Gasteiger partial charge in [-0.3, -0.25) is 4.90 Å². The lowest BCUT2D eigenvalue weighted by molar-refractivity contribution is -0.201. The molecular weight excluding hydrogens is 322 g/mol. The summed E-state index contributed by atoms with van der Waals surface area (Å²) < 4.78 is 16.6. The Morgan fingerprint density at radius 3 is 2.52 bits per heavy atom. The molecule has 6 nitrogen and oxygen atoms in total. The van der Waals surface area contributed by atoms with Crippen molar-refractivity contribution in [2.24, 2.45) is 5.92 Å². The number of nitrogens with zero attached hydrogens (tertiary/aromatic N) is 1. The Morgan fingerprint density at radius 1 is 1.32 bits per heavy atom. The van der Waals surface area contributed by atoms with Gasteiger partial charge in [-0.25, -0.2) is 9.59 Å². The second-order valence-corrected chi connectivity index (χ2v) is 7.79. The van der Waals surface area contributed by atoms with E-state index in [0.717, 1.165) is 5.56 Å². The summed E-state index contributed by atoms with van der Waals surface area (Å²) in [6.07, 6.45) is -0.914. The first kappa shape index (κ1) is 17.7. The minimum atomic E-state index is -1.07. The topological polar surface area (TPSA) is 65.1 Å². The van der Waals surface area contributed by atoms with Crippen molar-refractivity contribution < 1.29 is 23.8 Å². The van der Waals surface area contributed by atoms with Gasteiger partial charge >= 0.3 is 12.1 Å². The number of esters is 1. The van der Waals surface area contributed by atoms with Gasteiger partial charge in [-0.05, 0) is 26.3 Å². The molecule has 0 radical (unpaired) electrons. The maximum atomic E-state index is 12.6. The van der Waals surface area contributed by atoms with E-state index in [4.69, 9.17) is 14.2 Å². The fraction of sp³-hybridized carbons (Fsp3) is 0.579. The van der Waals surface area contributed by atoms with Gasteiger partial charge < -0.3 is 14.2 Å². The number of hydrogen-bond acceptors (Lipinski definition) is 5. The van der Waals surface area contributed by atoms with Crippen LogP contribution >= 0.6 is 0 Å². The van der Waals surface area contributed by atoms with Gasteiger partial charge in [-0.2, -0.15) is 0 Å². The molecule has 0 saturated carbocycles. The van der Waals surface area contributed by atoms with E-state index in [-0.39, 0.29) is 12.5 Å². The quantitative estimate of drug-likeness (QED) is 0.787. The molecule has 2 saturated heterocycles. The minimum Gasteiger partial charge on any atom is -0.460 e. The smallest absolute Gasteiger partial charge is 0.411 e. The van der Waals surface area contributed by atoms with E-state index in [1.54, 1.807) is 20.8 Å². The van der Waals surface area contributed by atoms with Crippen LogP contribution in [0.2, 0.25) is 0 Å². The lowest BCUT2D eigenvalue weighted by Gasteiger charge is -2.45. The molecule has 2 aliphatic rings. The summed E-state index contributed by atoms with van der Waals surface area (Å²) in [6.45, 7) is 8.33. The fourth-order valence-corrected chi connectivity index (χ4v) is 3.45. The zero-order valence-electron chi connectivity index (χ0n) is 15.2. The normalized spacial score (nSPS) is 28.6. The van der Waals surface area contributed by atoms with Gasteiger partial charge in [0.2, 0.25) is 5.54 Å². The summed E-state index contributed by atoms with van der Waals surface area (Å²) >= 11 is 0. The Hall–Kier alpha value is -2.08. The molecule has 1 aromatic rings. The van der Waals surface area contributed by atoms with Crippen molar-refractivity contribution in [2.45, 2.75) is 51.5 Å². The third-order valence-electron chi connectivity index (χ3n) is 4.60. The molecule has 3 atom stereocenters. The number of ether oxygens (including phenoxy) is 3. The van der Waals surface area contributed by atoms with Crippen LogP contribution in [0.1, 0.15) is 33.3 Å². The molecule has 1 amide bonds. The first-order valence-electron chi connectivity index (χ1n) is 8.57. The van der Waals surface area contributed by atoms with Crippen LogP contribution in [-0.2, 0) is 25.6 Å². The standard InChI is InChI=1S/C19H25NO5/c1-13-10-20(17(22)25-18(2,3)4)19(12-24-16(19)21)15(13)23-11-14-8-6-5-7-9-14/h5-9,13,15H,10-12H2,1-4H3/t13-,15-,19-/m1/s1. The molecule has 2 fully saturated rings. The molecule has 1 spiro atoms. The van der Waals surface area contributed by atoms with Crippen molar-refractivity contribution in [3.8, 4) is 0 Å². The third-order valence-corrected chi connectivity index (χ3v) is 4.60. The number of rotatable bonds is 3. The minimum absolute atomic E-state index is 0.00378. The van der Waals surface area contributed by atoms with E-state index in [1.165, 1.54) is 4.90 Å². The zero-order chi connectivity index (χ0) is 18.2. The SMILES string of the molecule is C[C@@H]1CN(C(=O)OC(C)(C)C)[C@]2(COC2=O)[C@@H]1OCc1ccccc1. The van der Waals surface area contributed by atoms with E-state index < -0.39 is 29.3 Å². The molecule has 136 valence electrons. The summed E-state index contributed by atoms with van der Waals surface area (Å²) in [5.41, 5.74) is -0.678. The summed E-state index contributed by atoms with van der Waals surface area (Å²) in [7, 11) is 0. The molecule has 0 aromatic heterocycles. The largest absolute Gasteiger partial charge is 0.460 e. The summed E-state index contributed by atoms with van der Waals surface area (Å²) in [5.74, 6) is -0.412. The molecule has 0 aliphatic carbocycles. The highest BCUT2D eigenvalue weighted by Gasteiger charge is 2.67. The van der Waals surface area contributed by atoms with Gasteiger partial charge in [0.15, 0.2) is 0 Å². The van der Waals surface area contributed by atoms with Crippen molar-refractivity contribution in [2.75, 3.05) is 13.2 Å². The Labute approximate surface area is 148 Å². The molecule has 3 rings (SSSR count). The molecule has 2 aliphatic heterocycles. The van der Waals surface area contributed by atoms with E-state index in [0.29, 0.717) is 13.2 Å². The van der Waals surface area contributed by atoms with E-state index in [9.17, 15) is 9.59 Å². The van der Waals surface area contributed by atoms with Crippen LogP contribution in [0.15, 0.2) is 30.3 Å². The number of carbonyl (C=O) groups excluding carboxylic acids is 2. The molecule has 6 heteroatoms. The van der Waals surface area contributed by atoms with Crippen molar-refractivity contribution in [1.82, 2.24) is 4.90 Å². The Balaban J connectivity index is 1.79. The molecule has 1 aromatic carbocycles. The highest BCUT2D eigenvalue weighted by molar-refractivity contribution is 5.92. The second kappa shape index (κ2) is 6.33. The van der Waals surface area contributed by atoms with Gasteiger partial charge in [-0.1, -0.05) is 37.3 Å². The number of hydrogen-bond donors (Lipinski definition) is 0. The van der Waals surface area contributed by atoms with Gasteiger partial charge in [0, 0.05) is 12.5 Å². The van der Waals surface area contributed by atoms with Crippen LogP contribution in [0.5, 0.6) is 0 Å². The summed E-state index contributed by atoms with van der Waals surface area (Å²) in [6, 6.07) is 9.76. The van der Waals surface area contributed by atoms with Crippen LogP contribution in [0.25, 0.3) is 0 Å². The molecule has 0 unspecified atom stereocenters. The van der Waals surface area contributed by atoms with Crippen LogP contribution in [0.4, 0.5) is 4.79 Å². The predicted molar refractivity (Wildman–Crippen MR) is 90.8 cm³/mol. The van der Waals surface area contributed by atoms with Crippen molar-refractivity contribution in [1.29, 1.82) is 0 Å². The first-order chi connectivity index (χ1) is 11.7. The van der Waals surface area contributed by atoms with Crippen LogP contribution in [0, 0.1) is 5.92 Å². The fourth-order valence-electron chi connectivity index (χ4n) is 3.45. The number of amides is 1. The highest BCUT2D eigenvalue weighted by atomic mass is 16.6. The van der Waals surface area contributed by atoms with Crippen LogP contribution in [0.3, 0.4) is 0 Å². The van der Waals surface area contributed by atoms with Gasteiger partial charge in [0.1, 0.15) is 12.2 Å². The summed E-state index contributed by atoms with van der Waals surface area (Å²) in [4.78, 5) is 26.5. The number of cyclic esters (lactones) is 1. The lowest BCUT2D eigenvalue weighted by atomic mass is 9.86. The molecule has 0 bridgehead atoms. The highest BCUT2D eigenvalue weighted by Crippen LogP contribution is 2.43. The Kier molecular flexibility index (Phi) is 4.49. The van der Waals surface area contributed by atoms with Gasteiger partial charge in [0.05, 0.1) is 12.7 Å². The Morgan fingerprint density at radius 2 is 2.00 bits per heavy atom. The van der Waals surface area contributed by atoms with E-state index in [2.05, 4.69) is 0 Å². The van der Waals surface area contributed by atoms with Crippen LogP contribution in [-0.4, -0.2) is 47.4 Å².